The highest BCUT2D eigenvalue weighted by molar-refractivity contribution is 5.80. The van der Waals surface area contributed by atoms with Gasteiger partial charge in [0.1, 0.15) is 0 Å². The van der Waals surface area contributed by atoms with Gasteiger partial charge in [0.2, 0.25) is 0 Å². The molecular weight excluding hydrogens is 469 g/mol. The molecule has 0 aliphatic heterocycles. The van der Waals surface area contributed by atoms with Crippen molar-refractivity contribution in [1.29, 1.82) is 0 Å². The molecule has 0 saturated heterocycles. The van der Waals surface area contributed by atoms with Crippen LogP contribution in [0.2, 0.25) is 0 Å². The van der Waals surface area contributed by atoms with Crippen LogP contribution in [-0.4, -0.2) is 45.9 Å². The second-order valence-electron chi connectivity index (χ2n) is 6.54. The maximum absolute atomic E-state index is 13.8. The summed E-state index contributed by atoms with van der Waals surface area (Å²) in [7, 11) is 0. The van der Waals surface area contributed by atoms with E-state index in [-0.39, 0.29) is 5.39 Å². The average Bonchev–Trinajstić information content (AvgIpc) is 3.07. The third-order valence-corrected chi connectivity index (χ3v) is 4.41. The molecule has 1 atom stereocenters. The second kappa shape index (κ2) is 7.17. The van der Waals surface area contributed by atoms with Gasteiger partial charge in [-0.2, -0.15) is 57.1 Å². The van der Waals surface area contributed by atoms with Crippen molar-refractivity contribution in [2.24, 2.45) is 0 Å². The largest absolute Gasteiger partial charge is 0.460 e. The molecule has 2 nitrogen and oxygen atoms in total. The molecule has 2 rings (SSSR count). The highest BCUT2D eigenvalue weighted by Crippen LogP contribution is 2.61. The van der Waals surface area contributed by atoms with E-state index in [9.17, 15) is 62.2 Å². The summed E-state index contributed by atoms with van der Waals surface area (Å²) in [6, 6.07) is 4.29. The molecule has 2 N–H and O–H groups in total. The van der Waals surface area contributed by atoms with Crippen LogP contribution in [0.1, 0.15) is 18.1 Å². The van der Waals surface area contributed by atoms with E-state index < -0.39 is 53.9 Å². The number of aromatic nitrogens is 1. The van der Waals surface area contributed by atoms with Crippen molar-refractivity contribution in [3.8, 4) is 0 Å². The lowest BCUT2D eigenvalue weighted by Crippen LogP contribution is -2.70. The topological polar surface area (TPSA) is 36.0 Å². The highest BCUT2D eigenvalue weighted by atomic mass is 19.4. The minimum Gasteiger partial charge on any atom is -0.388 e. The zero-order valence-corrected chi connectivity index (χ0v) is 14.5. The zero-order chi connectivity index (χ0) is 24.3. The van der Waals surface area contributed by atoms with Crippen LogP contribution in [0.5, 0.6) is 0 Å². The molecule has 1 aromatic heterocycles. The summed E-state index contributed by atoms with van der Waals surface area (Å²) in [6.07, 6.45) is -11.5. The predicted octanol–water partition coefficient (Wildman–Crippen LogP) is 6.33. The summed E-state index contributed by atoms with van der Waals surface area (Å²) in [6.45, 7) is 0. The SMILES string of the molecule is OC(CC(F)(F)C(F)(F)C(F)(F)C(F)(F)C(F)(F)C(F)(F)F)c1ccc2[nH]ccc2c1. The van der Waals surface area contributed by atoms with Crippen molar-refractivity contribution in [1.82, 2.24) is 4.98 Å². The summed E-state index contributed by atoms with van der Waals surface area (Å²) < 4.78 is 170. The lowest BCUT2D eigenvalue weighted by Gasteiger charge is -2.40. The molecule has 1 heterocycles. The predicted molar refractivity (Wildman–Crippen MR) is 78.7 cm³/mol. The van der Waals surface area contributed by atoms with Gasteiger partial charge in [-0.1, -0.05) is 6.07 Å². The zero-order valence-electron chi connectivity index (χ0n) is 14.5. The van der Waals surface area contributed by atoms with E-state index in [0.29, 0.717) is 5.52 Å². The quantitative estimate of drug-likeness (QED) is 0.448. The number of aliphatic hydroxyl groups is 1. The minimum atomic E-state index is -7.96. The Balaban J connectivity index is 2.40. The normalized spacial score (nSPS) is 16.1. The number of alkyl halides is 13. The molecule has 31 heavy (non-hydrogen) atoms. The van der Waals surface area contributed by atoms with Gasteiger partial charge in [-0.15, -0.1) is 0 Å². The lowest BCUT2D eigenvalue weighted by molar-refractivity contribution is -0.440. The summed E-state index contributed by atoms with van der Waals surface area (Å²) in [5.41, 5.74) is -0.202. The molecule has 1 aromatic carbocycles. The van der Waals surface area contributed by atoms with Gasteiger partial charge in [0.25, 0.3) is 0 Å². The Morgan fingerprint density at radius 2 is 1.23 bits per heavy atom. The van der Waals surface area contributed by atoms with Crippen molar-refractivity contribution < 1.29 is 62.2 Å². The fraction of sp³-hybridized carbons (Fsp3) is 0.500. The number of fused-ring (bicyclic) bond motifs is 1. The molecule has 2 aromatic rings. The van der Waals surface area contributed by atoms with E-state index in [0.717, 1.165) is 18.2 Å². The number of H-pyrrole nitrogens is 1. The number of benzene rings is 1. The van der Waals surface area contributed by atoms with Gasteiger partial charge in [0.15, 0.2) is 0 Å². The summed E-state index contributed by atoms with van der Waals surface area (Å²) in [5, 5.41) is 9.92. The first-order valence-corrected chi connectivity index (χ1v) is 7.91. The van der Waals surface area contributed by atoms with Crippen LogP contribution in [0.4, 0.5) is 57.1 Å². The van der Waals surface area contributed by atoms with Gasteiger partial charge in [0.05, 0.1) is 6.10 Å². The number of halogens is 13. The van der Waals surface area contributed by atoms with Gasteiger partial charge in [-0.05, 0) is 29.1 Å². The van der Waals surface area contributed by atoms with Gasteiger partial charge in [-0.3, -0.25) is 0 Å². The fourth-order valence-electron chi connectivity index (χ4n) is 2.57. The number of nitrogens with one attached hydrogen (secondary N) is 1. The van der Waals surface area contributed by atoms with E-state index >= 15 is 0 Å². The Bertz CT molecular complexity index is 931. The van der Waals surface area contributed by atoms with Crippen LogP contribution in [0, 0.1) is 0 Å². The van der Waals surface area contributed by atoms with Crippen molar-refractivity contribution in [2.75, 3.05) is 0 Å². The average molecular weight is 479 g/mol. The summed E-state index contributed by atoms with van der Waals surface area (Å²) >= 11 is 0. The lowest BCUT2D eigenvalue weighted by atomic mass is 9.90. The van der Waals surface area contributed by atoms with Crippen LogP contribution in [0.15, 0.2) is 30.5 Å². The van der Waals surface area contributed by atoms with E-state index in [1.165, 1.54) is 12.3 Å². The first-order chi connectivity index (χ1) is 13.7. The molecule has 176 valence electrons. The molecule has 0 aliphatic rings. The Morgan fingerprint density at radius 3 is 1.74 bits per heavy atom. The van der Waals surface area contributed by atoms with Crippen LogP contribution in [0.25, 0.3) is 10.9 Å². The Hall–Kier alpha value is -2.19. The van der Waals surface area contributed by atoms with Gasteiger partial charge in [-0.25, -0.2) is 0 Å². The van der Waals surface area contributed by atoms with Gasteiger partial charge >= 0.3 is 35.8 Å². The number of rotatable bonds is 7. The van der Waals surface area contributed by atoms with Crippen molar-refractivity contribution >= 4 is 10.9 Å². The second-order valence-corrected chi connectivity index (χ2v) is 6.54. The molecule has 0 bridgehead atoms. The third kappa shape index (κ3) is 3.69. The van der Waals surface area contributed by atoms with Crippen LogP contribution in [-0.2, 0) is 0 Å². The maximum Gasteiger partial charge on any atom is 0.460 e. The maximum atomic E-state index is 13.8. The Morgan fingerprint density at radius 1 is 0.710 bits per heavy atom. The van der Waals surface area contributed by atoms with E-state index in [1.807, 2.05) is 0 Å². The van der Waals surface area contributed by atoms with Crippen molar-refractivity contribution in [2.45, 2.75) is 48.3 Å². The molecule has 1 unspecified atom stereocenters. The molecule has 0 saturated carbocycles. The summed E-state index contributed by atoms with van der Waals surface area (Å²) in [5.74, 6) is -37.4. The molecule has 0 spiro atoms. The molecule has 0 fully saturated rings. The van der Waals surface area contributed by atoms with Crippen LogP contribution < -0.4 is 0 Å². The molecule has 0 amide bonds. The smallest absolute Gasteiger partial charge is 0.388 e. The minimum absolute atomic E-state index is 0.230. The van der Waals surface area contributed by atoms with E-state index in [2.05, 4.69) is 4.98 Å². The number of aliphatic hydroxyl groups excluding tert-OH is 1. The first-order valence-electron chi connectivity index (χ1n) is 7.91. The number of hydrogen-bond donors (Lipinski definition) is 2. The molecule has 0 radical (unpaired) electrons. The molecule has 15 heteroatoms. The fourth-order valence-corrected chi connectivity index (χ4v) is 2.57. The van der Waals surface area contributed by atoms with Crippen LogP contribution >= 0.6 is 0 Å². The molecular formula is C16H10F13NO. The summed E-state index contributed by atoms with van der Waals surface area (Å²) in [4.78, 5) is 2.63. The van der Waals surface area contributed by atoms with Gasteiger partial charge < -0.3 is 10.1 Å². The Labute approximate surface area is 163 Å². The van der Waals surface area contributed by atoms with Gasteiger partial charge in [0, 0.05) is 18.1 Å². The van der Waals surface area contributed by atoms with Crippen LogP contribution in [0.3, 0.4) is 0 Å². The number of aromatic amines is 1. The number of hydrogen-bond acceptors (Lipinski definition) is 1. The van der Waals surface area contributed by atoms with Crippen molar-refractivity contribution in [3.63, 3.8) is 0 Å². The highest BCUT2D eigenvalue weighted by Gasteiger charge is 2.90. The van der Waals surface area contributed by atoms with E-state index in [4.69, 9.17) is 0 Å². The molecule has 0 aliphatic carbocycles. The van der Waals surface area contributed by atoms with Crippen molar-refractivity contribution in [3.05, 3.63) is 36.0 Å². The third-order valence-electron chi connectivity index (χ3n) is 4.41. The standard InChI is InChI=1S/C16H10F13NO/c17-11(18,6-10(31)8-1-2-9-7(5-8)3-4-30-9)12(19,20)13(21,22)14(23,24)15(25,26)16(27,28)29/h1-5,10,30-31H,6H2. The first kappa shape index (κ1) is 25.1. The Kier molecular flexibility index (Phi) is 5.80. The monoisotopic (exact) mass is 479 g/mol. The van der Waals surface area contributed by atoms with E-state index in [1.54, 1.807) is 0 Å².